The Hall–Kier alpha value is -1.77. The lowest BCUT2D eigenvalue weighted by Crippen LogP contribution is -2.53. The Kier molecular flexibility index (Phi) is 4.13. The Bertz CT molecular complexity index is 696. The number of aromatic nitrogens is 2. The van der Waals surface area contributed by atoms with E-state index in [0.29, 0.717) is 38.7 Å². The zero-order valence-electron chi connectivity index (χ0n) is 13.8. The molecule has 1 saturated heterocycles. The second kappa shape index (κ2) is 6.19. The number of ether oxygens (including phenoxy) is 1. The average molecular weight is 358 g/mol. The van der Waals surface area contributed by atoms with E-state index in [0.717, 1.165) is 12.8 Å². The summed E-state index contributed by atoms with van der Waals surface area (Å²) in [4.78, 5) is 20.2. The number of nitrogens with zero attached hydrogens (tertiary/aromatic N) is 4. The summed E-state index contributed by atoms with van der Waals surface area (Å²) < 4.78 is 47.3. The molecule has 1 aliphatic carbocycles. The van der Waals surface area contributed by atoms with Crippen molar-refractivity contribution in [2.45, 2.75) is 38.0 Å². The molecule has 0 radical (unpaired) electrons. The molecule has 1 atom stereocenters. The first-order chi connectivity index (χ1) is 11.9. The van der Waals surface area contributed by atoms with Crippen LogP contribution < -0.4 is 15.4 Å². The van der Waals surface area contributed by atoms with Crippen molar-refractivity contribution in [1.29, 1.82) is 0 Å². The third-order valence-electron chi connectivity index (χ3n) is 5.10. The van der Waals surface area contributed by atoms with Crippen molar-refractivity contribution in [2.24, 2.45) is 5.92 Å². The second-order valence-electron chi connectivity index (χ2n) is 6.95. The minimum atomic E-state index is -4.33. The molecule has 138 valence electrons. The summed E-state index contributed by atoms with van der Waals surface area (Å²) in [6, 6.07) is -0.141. The molecule has 1 aromatic rings. The van der Waals surface area contributed by atoms with Gasteiger partial charge in [0.25, 0.3) is 5.56 Å². The molecule has 6 nitrogen and oxygen atoms in total. The summed E-state index contributed by atoms with van der Waals surface area (Å²) in [7, 11) is 0. The minimum absolute atomic E-state index is 0.0515. The van der Waals surface area contributed by atoms with Gasteiger partial charge in [-0.1, -0.05) is 0 Å². The Morgan fingerprint density at radius 3 is 2.52 bits per heavy atom. The second-order valence-corrected chi connectivity index (χ2v) is 6.95. The molecule has 1 saturated carbocycles. The van der Waals surface area contributed by atoms with Gasteiger partial charge in [0.15, 0.2) is 0 Å². The maximum atomic E-state index is 13.5. The first kappa shape index (κ1) is 16.7. The average Bonchev–Trinajstić information content (AvgIpc) is 3.39. The lowest BCUT2D eigenvalue weighted by molar-refractivity contribution is -0.152. The molecule has 1 aromatic heterocycles. The molecule has 0 bridgehead atoms. The number of anilines is 2. The largest absolute Gasteiger partial charge is 0.408 e. The molecule has 0 amide bonds. The van der Waals surface area contributed by atoms with E-state index in [1.165, 1.54) is 15.5 Å². The molecule has 3 heterocycles. The zero-order chi connectivity index (χ0) is 17.6. The predicted octanol–water partition coefficient (Wildman–Crippen LogP) is 1.63. The van der Waals surface area contributed by atoms with Crippen molar-refractivity contribution in [3.63, 3.8) is 0 Å². The molecule has 2 aliphatic heterocycles. The lowest BCUT2D eigenvalue weighted by Gasteiger charge is -2.39. The van der Waals surface area contributed by atoms with Gasteiger partial charge >= 0.3 is 6.18 Å². The summed E-state index contributed by atoms with van der Waals surface area (Å²) in [5, 5.41) is 0. The Morgan fingerprint density at radius 1 is 1.16 bits per heavy atom. The molecular formula is C16H21F3N4O2. The topological polar surface area (TPSA) is 50.6 Å². The van der Waals surface area contributed by atoms with Gasteiger partial charge in [-0.3, -0.25) is 9.36 Å². The summed E-state index contributed by atoms with van der Waals surface area (Å²) in [5.41, 5.74) is -0.284. The van der Waals surface area contributed by atoms with E-state index in [1.807, 2.05) is 4.90 Å². The SMILES string of the molecule is O=c1cc(N2CCOCC2)nc2n1CC[C@@H](C(F)(F)F)N2CC1CC1. The molecule has 25 heavy (non-hydrogen) atoms. The molecule has 4 rings (SSSR count). The fraction of sp³-hybridized carbons (Fsp3) is 0.750. The van der Waals surface area contributed by atoms with Gasteiger partial charge in [-0.2, -0.15) is 18.2 Å². The van der Waals surface area contributed by atoms with E-state index in [-0.39, 0.29) is 30.4 Å². The maximum absolute atomic E-state index is 13.5. The molecule has 0 aromatic carbocycles. The number of rotatable bonds is 3. The molecule has 9 heteroatoms. The van der Waals surface area contributed by atoms with Crippen LogP contribution in [0.15, 0.2) is 10.9 Å². The molecule has 0 spiro atoms. The first-order valence-electron chi connectivity index (χ1n) is 8.71. The molecule has 0 N–H and O–H groups in total. The summed E-state index contributed by atoms with van der Waals surface area (Å²) in [6.45, 7) is 2.58. The third-order valence-corrected chi connectivity index (χ3v) is 5.10. The van der Waals surface area contributed by atoms with Gasteiger partial charge in [0.2, 0.25) is 5.95 Å². The summed E-state index contributed by atoms with van der Waals surface area (Å²) >= 11 is 0. The normalized spacial score (nSPS) is 24.4. The number of alkyl halides is 3. The van der Waals surface area contributed by atoms with E-state index >= 15 is 0 Å². The Labute approximate surface area is 143 Å². The van der Waals surface area contributed by atoms with Gasteiger partial charge in [0, 0.05) is 32.2 Å². The highest BCUT2D eigenvalue weighted by atomic mass is 19.4. The first-order valence-corrected chi connectivity index (χ1v) is 8.71. The minimum Gasteiger partial charge on any atom is -0.378 e. The molecule has 3 aliphatic rings. The van der Waals surface area contributed by atoms with E-state index in [1.54, 1.807) is 0 Å². The number of halogens is 3. The lowest BCUT2D eigenvalue weighted by atomic mass is 10.1. The van der Waals surface area contributed by atoms with Crippen molar-refractivity contribution in [3.8, 4) is 0 Å². The van der Waals surface area contributed by atoms with Crippen LogP contribution in [0.4, 0.5) is 24.9 Å². The van der Waals surface area contributed by atoms with Gasteiger partial charge in [0.1, 0.15) is 11.9 Å². The third kappa shape index (κ3) is 3.33. The quantitative estimate of drug-likeness (QED) is 0.822. The van der Waals surface area contributed by atoms with Crippen LogP contribution in [0.2, 0.25) is 0 Å². The van der Waals surface area contributed by atoms with Crippen LogP contribution in [0, 0.1) is 5.92 Å². The van der Waals surface area contributed by atoms with Crippen molar-refractivity contribution < 1.29 is 17.9 Å². The maximum Gasteiger partial charge on any atom is 0.408 e. The smallest absolute Gasteiger partial charge is 0.378 e. The van der Waals surface area contributed by atoms with Crippen LogP contribution in [0.3, 0.4) is 0 Å². The number of morpholine rings is 1. The van der Waals surface area contributed by atoms with Crippen LogP contribution in [0.25, 0.3) is 0 Å². The van der Waals surface area contributed by atoms with Crippen molar-refractivity contribution in [3.05, 3.63) is 16.4 Å². The number of hydrogen-bond acceptors (Lipinski definition) is 5. The highest BCUT2D eigenvalue weighted by Gasteiger charge is 2.48. The zero-order valence-corrected chi connectivity index (χ0v) is 13.8. The van der Waals surface area contributed by atoms with Gasteiger partial charge in [-0.05, 0) is 25.2 Å². The number of hydrogen-bond donors (Lipinski definition) is 0. The van der Waals surface area contributed by atoms with E-state index in [9.17, 15) is 18.0 Å². The summed E-state index contributed by atoms with van der Waals surface area (Å²) in [5.74, 6) is 0.873. The standard InChI is InChI=1S/C16H21F3N4O2/c17-16(18,19)12-3-4-22-14(24)9-13(21-5-7-25-8-6-21)20-15(22)23(12)10-11-1-2-11/h9,11-12H,1-8,10H2/t12-/m0/s1. The monoisotopic (exact) mass is 358 g/mol. The highest BCUT2D eigenvalue weighted by Crippen LogP contribution is 2.38. The van der Waals surface area contributed by atoms with Gasteiger partial charge in [-0.25, -0.2) is 0 Å². The molecule has 0 unspecified atom stereocenters. The Balaban J connectivity index is 1.73. The van der Waals surface area contributed by atoms with E-state index in [4.69, 9.17) is 4.74 Å². The number of fused-ring (bicyclic) bond motifs is 1. The highest BCUT2D eigenvalue weighted by molar-refractivity contribution is 5.47. The van der Waals surface area contributed by atoms with Gasteiger partial charge in [-0.15, -0.1) is 0 Å². The predicted molar refractivity (Wildman–Crippen MR) is 86.1 cm³/mol. The van der Waals surface area contributed by atoms with Crippen LogP contribution in [0.5, 0.6) is 0 Å². The van der Waals surface area contributed by atoms with Crippen LogP contribution >= 0.6 is 0 Å². The molecule has 2 fully saturated rings. The van der Waals surface area contributed by atoms with Gasteiger partial charge in [0.05, 0.1) is 13.2 Å². The fourth-order valence-electron chi connectivity index (χ4n) is 3.54. The van der Waals surface area contributed by atoms with Crippen LogP contribution in [-0.4, -0.2) is 54.6 Å². The summed E-state index contributed by atoms with van der Waals surface area (Å²) in [6.07, 6.45) is -2.56. The fourth-order valence-corrected chi connectivity index (χ4v) is 3.54. The van der Waals surface area contributed by atoms with E-state index < -0.39 is 12.2 Å². The Morgan fingerprint density at radius 2 is 1.88 bits per heavy atom. The van der Waals surface area contributed by atoms with Crippen molar-refractivity contribution in [2.75, 3.05) is 42.6 Å². The van der Waals surface area contributed by atoms with Crippen molar-refractivity contribution >= 4 is 11.8 Å². The van der Waals surface area contributed by atoms with Crippen molar-refractivity contribution in [1.82, 2.24) is 9.55 Å². The van der Waals surface area contributed by atoms with Gasteiger partial charge < -0.3 is 14.5 Å². The van der Waals surface area contributed by atoms with E-state index in [2.05, 4.69) is 4.98 Å². The van der Waals surface area contributed by atoms with Crippen LogP contribution in [-0.2, 0) is 11.3 Å². The van der Waals surface area contributed by atoms with Crippen LogP contribution in [0.1, 0.15) is 19.3 Å². The molecular weight excluding hydrogens is 337 g/mol.